The third-order valence-corrected chi connectivity index (χ3v) is 5.57. The number of ketones is 1. The number of Topliss-reactive ketones (excluding diaryl/α,β-unsaturated/α-hetero) is 1. The molecule has 0 bridgehead atoms. The van der Waals surface area contributed by atoms with E-state index in [1.165, 1.54) is 0 Å². The summed E-state index contributed by atoms with van der Waals surface area (Å²) in [5, 5.41) is 0. The first-order chi connectivity index (χ1) is 14.0. The van der Waals surface area contributed by atoms with Crippen molar-refractivity contribution in [1.29, 1.82) is 0 Å². The third kappa shape index (κ3) is 5.11. The van der Waals surface area contributed by atoms with Crippen molar-refractivity contribution in [1.82, 2.24) is 0 Å². The van der Waals surface area contributed by atoms with E-state index in [1.54, 1.807) is 6.92 Å². The lowest BCUT2D eigenvalue weighted by molar-refractivity contribution is -0.178. The Labute approximate surface area is 171 Å². The smallest absolute Gasteiger partial charge is 0.323 e. The van der Waals surface area contributed by atoms with Crippen molar-refractivity contribution in [2.24, 2.45) is 11.3 Å². The molecule has 5 nitrogen and oxygen atoms in total. The van der Waals surface area contributed by atoms with Gasteiger partial charge in [0.25, 0.3) is 0 Å². The molecule has 0 spiro atoms. The summed E-state index contributed by atoms with van der Waals surface area (Å²) in [5.74, 6) is -1.63. The maximum atomic E-state index is 13.1. The number of carbonyl (C=O) groups excluding carboxylic acids is 3. The van der Waals surface area contributed by atoms with Gasteiger partial charge in [-0.3, -0.25) is 14.4 Å². The number of benzene rings is 2. The molecule has 1 aliphatic carbocycles. The number of rotatable bonds is 7. The van der Waals surface area contributed by atoms with E-state index in [9.17, 15) is 14.4 Å². The van der Waals surface area contributed by atoms with Crippen molar-refractivity contribution in [2.45, 2.75) is 45.8 Å². The number of carbonyl (C=O) groups is 3. The highest BCUT2D eigenvalue weighted by molar-refractivity contribution is 6.00. The Balaban J connectivity index is 1.75. The number of hydrogen-bond acceptors (Lipinski definition) is 5. The van der Waals surface area contributed by atoms with Crippen LogP contribution in [0.25, 0.3) is 0 Å². The summed E-state index contributed by atoms with van der Waals surface area (Å²) >= 11 is 0. The standard InChI is InChI=1S/C24H26O5/c1-24(20-13-8-14-21(25)15-20,22(26)28-16-18-9-4-2-5-10-18)23(27)29-17-19-11-6-3-7-12-19/h2-7,9-12,20H,8,13-17H2,1H3/t20-/m1/s1. The minimum Gasteiger partial charge on any atom is -0.460 e. The Hall–Kier alpha value is -2.95. The maximum Gasteiger partial charge on any atom is 0.323 e. The minimum atomic E-state index is -1.51. The second-order valence-electron chi connectivity index (χ2n) is 7.66. The summed E-state index contributed by atoms with van der Waals surface area (Å²) in [5.41, 5.74) is 0.153. The van der Waals surface area contributed by atoms with E-state index in [4.69, 9.17) is 9.47 Å². The van der Waals surface area contributed by atoms with Gasteiger partial charge in [-0.05, 0) is 36.8 Å². The molecule has 152 valence electrons. The second-order valence-corrected chi connectivity index (χ2v) is 7.66. The zero-order valence-corrected chi connectivity index (χ0v) is 16.6. The van der Waals surface area contributed by atoms with Crippen LogP contribution in [0.15, 0.2) is 60.7 Å². The van der Waals surface area contributed by atoms with Crippen LogP contribution in [-0.2, 0) is 37.1 Å². The first-order valence-corrected chi connectivity index (χ1v) is 9.94. The van der Waals surface area contributed by atoms with E-state index in [0.29, 0.717) is 19.3 Å². The molecule has 0 N–H and O–H groups in total. The van der Waals surface area contributed by atoms with Crippen molar-refractivity contribution in [2.75, 3.05) is 0 Å². The zero-order chi connectivity index (χ0) is 20.7. The van der Waals surface area contributed by atoms with Crippen molar-refractivity contribution in [3.8, 4) is 0 Å². The molecular weight excluding hydrogens is 368 g/mol. The van der Waals surface area contributed by atoms with Gasteiger partial charge >= 0.3 is 11.9 Å². The molecule has 0 heterocycles. The Bertz CT molecular complexity index is 789. The van der Waals surface area contributed by atoms with E-state index >= 15 is 0 Å². The zero-order valence-electron chi connectivity index (χ0n) is 16.6. The van der Waals surface area contributed by atoms with E-state index in [0.717, 1.165) is 11.1 Å². The largest absolute Gasteiger partial charge is 0.460 e. The molecule has 1 saturated carbocycles. The molecule has 0 aliphatic heterocycles. The normalized spacial score (nSPS) is 16.9. The second kappa shape index (κ2) is 9.50. The summed E-state index contributed by atoms with van der Waals surface area (Å²) in [4.78, 5) is 38.1. The van der Waals surface area contributed by atoms with Gasteiger partial charge < -0.3 is 9.47 Å². The Morgan fingerprint density at radius 1 is 0.897 bits per heavy atom. The quantitative estimate of drug-likeness (QED) is 0.519. The highest BCUT2D eigenvalue weighted by Crippen LogP contribution is 2.40. The lowest BCUT2D eigenvalue weighted by atomic mass is 9.69. The van der Waals surface area contributed by atoms with Crippen LogP contribution in [-0.4, -0.2) is 17.7 Å². The fraction of sp³-hybridized carbons (Fsp3) is 0.375. The SMILES string of the molecule is CC(C(=O)OCc1ccccc1)(C(=O)OCc1ccccc1)[C@@H]1CCCC(=O)C1. The van der Waals surface area contributed by atoms with Crippen molar-refractivity contribution >= 4 is 17.7 Å². The van der Waals surface area contributed by atoms with Gasteiger partial charge in [0.2, 0.25) is 0 Å². The molecule has 1 atom stereocenters. The van der Waals surface area contributed by atoms with Crippen molar-refractivity contribution in [3.05, 3.63) is 71.8 Å². The van der Waals surface area contributed by atoms with Gasteiger partial charge in [-0.15, -0.1) is 0 Å². The lowest BCUT2D eigenvalue weighted by Gasteiger charge is -2.35. The molecule has 2 aromatic carbocycles. The monoisotopic (exact) mass is 394 g/mol. The van der Waals surface area contributed by atoms with Crippen LogP contribution in [0.1, 0.15) is 43.7 Å². The molecule has 0 radical (unpaired) electrons. The maximum absolute atomic E-state index is 13.1. The van der Waals surface area contributed by atoms with Crippen LogP contribution in [0, 0.1) is 11.3 Å². The topological polar surface area (TPSA) is 69.7 Å². The van der Waals surface area contributed by atoms with E-state index in [2.05, 4.69) is 0 Å². The highest BCUT2D eigenvalue weighted by Gasteiger charge is 2.52. The van der Waals surface area contributed by atoms with Gasteiger partial charge in [0, 0.05) is 12.8 Å². The van der Waals surface area contributed by atoms with Gasteiger partial charge in [-0.2, -0.15) is 0 Å². The molecule has 1 aliphatic rings. The molecule has 0 unspecified atom stereocenters. The molecule has 2 aromatic rings. The highest BCUT2D eigenvalue weighted by atomic mass is 16.6. The lowest BCUT2D eigenvalue weighted by Crippen LogP contribution is -2.47. The summed E-state index contributed by atoms with van der Waals surface area (Å²) in [6, 6.07) is 18.6. The molecule has 0 amide bonds. The van der Waals surface area contributed by atoms with Gasteiger partial charge in [0.15, 0.2) is 5.41 Å². The predicted molar refractivity (Wildman–Crippen MR) is 108 cm³/mol. The number of esters is 2. The van der Waals surface area contributed by atoms with Gasteiger partial charge in [0.1, 0.15) is 19.0 Å². The summed E-state index contributed by atoms with van der Waals surface area (Å²) < 4.78 is 11.0. The predicted octanol–water partition coefficient (Wildman–Crippen LogP) is 4.24. The molecule has 29 heavy (non-hydrogen) atoms. The molecular formula is C24H26O5. The molecule has 1 fully saturated rings. The number of ether oxygens (including phenoxy) is 2. The van der Waals surface area contributed by atoms with E-state index < -0.39 is 23.3 Å². The van der Waals surface area contributed by atoms with Crippen LogP contribution < -0.4 is 0 Å². The minimum absolute atomic E-state index is 0.0687. The van der Waals surface area contributed by atoms with Crippen molar-refractivity contribution in [3.63, 3.8) is 0 Å². The average molecular weight is 394 g/mol. The van der Waals surface area contributed by atoms with Crippen LogP contribution in [0.5, 0.6) is 0 Å². The van der Waals surface area contributed by atoms with Crippen LogP contribution >= 0.6 is 0 Å². The van der Waals surface area contributed by atoms with Gasteiger partial charge in [-0.1, -0.05) is 60.7 Å². The fourth-order valence-electron chi connectivity index (χ4n) is 3.68. The molecule has 5 heteroatoms. The number of hydrogen-bond donors (Lipinski definition) is 0. The van der Waals surface area contributed by atoms with Crippen molar-refractivity contribution < 1.29 is 23.9 Å². The van der Waals surface area contributed by atoms with Crippen LogP contribution in [0.2, 0.25) is 0 Å². The van der Waals surface area contributed by atoms with Crippen LogP contribution in [0.4, 0.5) is 0 Å². The Kier molecular flexibility index (Phi) is 6.81. The fourth-order valence-corrected chi connectivity index (χ4v) is 3.68. The Morgan fingerprint density at radius 3 is 1.83 bits per heavy atom. The van der Waals surface area contributed by atoms with Gasteiger partial charge in [0.05, 0.1) is 0 Å². The first-order valence-electron chi connectivity index (χ1n) is 9.94. The first kappa shape index (κ1) is 20.8. The van der Waals surface area contributed by atoms with E-state index in [-0.39, 0.29) is 25.4 Å². The molecule has 0 aromatic heterocycles. The summed E-state index contributed by atoms with van der Waals surface area (Å²) in [6.45, 7) is 1.70. The molecule has 3 rings (SSSR count). The summed E-state index contributed by atoms with van der Waals surface area (Å²) in [7, 11) is 0. The van der Waals surface area contributed by atoms with E-state index in [1.807, 2.05) is 60.7 Å². The summed E-state index contributed by atoms with van der Waals surface area (Å²) in [6.07, 6.45) is 1.96. The average Bonchev–Trinajstić information content (AvgIpc) is 2.76. The third-order valence-electron chi connectivity index (χ3n) is 5.57. The Morgan fingerprint density at radius 2 is 1.38 bits per heavy atom. The van der Waals surface area contributed by atoms with Gasteiger partial charge in [-0.25, -0.2) is 0 Å². The van der Waals surface area contributed by atoms with Crippen LogP contribution in [0.3, 0.4) is 0 Å². The molecule has 0 saturated heterocycles.